The molecule has 0 aliphatic heterocycles. The van der Waals surface area contributed by atoms with Crippen molar-refractivity contribution in [3.05, 3.63) is 28.2 Å². The zero-order chi connectivity index (χ0) is 14.4. The fourth-order valence-electron chi connectivity index (χ4n) is 3.36. The van der Waals surface area contributed by atoms with Gasteiger partial charge in [-0.2, -0.15) is 0 Å². The summed E-state index contributed by atoms with van der Waals surface area (Å²) < 4.78 is 6.55. The first-order chi connectivity index (χ1) is 8.73. The van der Waals surface area contributed by atoms with Crippen LogP contribution in [0.5, 0.6) is 5.75 Å². The Morgan fingerprint density at radius 3 is 2.26 bits per heavy atom. The summed E-state index contributed by atoms with van der Waals surface area (Å²) in [5.41, 5.74) is 8.27. The Morgan fingerprint density at radius 1 is 1.26 bits per heavy atom. The van der Waals surface area contributed by atoms with Gasteiger partial charge in [0, 0.05) is 10.5 Å². The van der Waals surface area contributed by atoms with E-state index in [1.165, 1.54) is 5.56 Å². The zero-order valence-corrected chi connectivity index (χ0v) is 14.0. The van der Waals surface area contributed by atoms with E-state index in [1.54, 1.807) is 0 Å². The van der Waals surface area contributed by atoms with Crippen molar-refractivity contribution in [3.63, 3.8) is 0 Å². The van der Waals surface area contributed by atoms with Crippen LogP contribution in [0.2, 0.25) is 0 Å². The van der Waals surface area contributed by atoms with Gasteiger partial charge in [-0.3, -0.25) is 0 Å². The normalized spacial score (nSPS) is 22.1. The molecule has 1 aliphatic carbocycles. The van der Waals surface area contributed by atoms with E-state index in [0.717, 1.165) is 10.2 Å². The summed E-state index contributed by atoms with van der Waals surface area (Å²) in [6.45, 7) is 11.9. The van der Waals surface area contributed by atoms with E-state index in [2.05, 4.69) is 49.7 Å². The Labute approximate surface area is 124 Å². The maximum Gasteiger partial charge on any atom is 0.120 e. The minimum Gasteiger partial charge on any atom is -0.494 e. The third-order valence-electron chi connectivity index (χ3n) is 5.13. The number of benzene rings is 1. The Morgan fingerprint density at radius 2 is 1.84 bits per heavy atom. The second kappa shape index (κ2) is 4.78. The minimum atomic E-state index is 0.0649. The van der Waals surface area contributed by atoms with E-state index in [-0.39, 0.29) is 6.04 Å². The van der Waals surface area contributed by atoms with Crippen LogP contribution in [0.1, 0.15) is 46.2 Å². The van der Waals surface area contributed by atoms with Gasteiger partial charge in [0.05, 0.1) is 6.61 Å². The molecule has 1 aliphatic rings. The van der Waals surface area contributed by atoms with Crippen molar-refractivity contribution in [2.75, 3.05) is 6.61 Å². The summed E-state index contributed by atoms with van der Waals surface area (Å²) in [5, 5.41) is 0. The molecule has 1 saturated carbocycles. The highest BCUT2D eigenvalue weighted by molar-refractivity contribution is 9.10. The molecule has 1 atom stereocenters. The molecule has 0 spiro atoms. The third kappa shape index (κ3) is 2.31. The van der Waals surface area contributed by atoms with Gasteiger partial charge >= 0.3 is 0 Å². The van der Waals surface area contributed by atoms with Gasteiger partial charge in [0.25, 0.3) is 0 Å². The highest BCUT2D eigenvalue weighted by Gasteiger charge is 2.66. The van der Waals surface area contributed by atoms with E-state index in [0.29, 0.717) is 23.4 Å². The van der Waals surface area contributed by atoms with Crippen molar-refractivity contribution < 1.29 is 4.74 Å². The van der Waals surface area contributed by atoms with Crippen molar-refractivity contribution >= 4 is 15.9 Å². The number of halogens is 1. The van der Waals surface area contributed by atoms with Crippen molar-refractivity contribution in [2.24, 2.45) is 22.5 Å². The van der Waals surface area contributed by atoms with Gasteiger partial charge in [-0.25, -0.2) is 0 Å². The average molecular weight is 326 g/mol. The molecule has 0 aromatic heterocycles. The van der Waals surface area contributed by atoms with E-state index in [1.807, 2.05) is 19.1 Å². The van der Waals surface area contributed by atoms with E-state index in [9.17, 15) is 0 Å². The second-order valence-electron chi connectivity index (χ2n) is 6.56. The van der Waals surface area contributed by atoms with E-state index >= 15 is 0 Å². The Bertz CT molecular complexity index is 468. The summed E-state index contributed by atoms with van der Waals surface area (Å²) in [6, 6.07) is 6.17. The topological polar surface area (TPSA) is 35.2 Å². The molecule has 1 aromatic rings. The molecule has 2 nitrogen and oxygen atoms in total. The lowest BCUT2D eigenvalue weighted by molar-refractivity contribution is 0.339. The molecule has 2 N–H and O–H groups in total. The van der Waals surface area contributed by atoms with Gasteiger partial charge in [0.15, 0.2) is 0 Å². The average Bonchev–Trinajstić information content (AvgIpc) is 2.69. The Balaban J connectivity index is 2.24. The van der Waals surface area contributed by atoms with Crippen LogP contribution in [0.4, 0.5) is 0 Å². The molecule has 0 saturated heterocycles. The quantitative estimate of drug-likeness (QED) is 0.882. The van der Waals surface area contributed by atoms with Gasteiger partial charge in [-0.15, -0.1) is 0 Å². The molecule has 1 unspecified atom stereocenters. The number of nitrogens with two attached hydrogens (primary N) is 1. The molecule has 106 valence electrons. The maximum absolute atomic E-state index is 6.51. The standard InChI is InChI=1S/C16H24BrNO/c1-6-19-10-7-8-11(12(17)9-10)13(18)14-15(2,3)16(14,4)5/h7-9,13-14H,6,18H2,1-5H3. The Kier molecular flexibility index (Phi) is 3.74. The predicted molar refractivity (Wildman–Crippen MR) is 83.3 cm³/mol. The van der Waals surface area contributed by atoms with Gasteiger partial charge in [0.1, 0.15) is 5.75 Å². The third-order valence-corrected chi connectivity index (χ3v) is 5.82. The van der Waals surface area contributed by atoms with Crippen LogP contribution in [0.25, 0.3) is 0 Å². The van der Waals surface area contributed by atoms with Crippen molar-refractivity contribution in [3.8, 4) is 5.75 Å². The predicted octanol–water partition coefficient (Wildman–Crippen LogP) is 4.53. The van der Waals surface area contributed by atoms with Crippen LogP contribution in [-0.2, 0) is 0 Å². The summed E-state index contributed by atoms with van der Waals surface area (Å²) in [7, 11) is 0. The fraction of sp³-hybridized carbons (Fsp3) is 0.625. The highest BCUT2D eigenvalue weighted by Crippen LogP contribution is 2.72. The number of hydrogen-bond donors (Lipinski definition) is 1. The van der Waals surface area contributed by atoms with Crippen molar-refractivity contribution in [1.29, 1.82) is 0 Å². The monoisotopic (exact) mass is 325 g/mol. The first-order valence-corrected chi connectivity index (χ1v) is 7.70. The molecule has 19 heavy (non-hydrogen) atoms. The molecule has 3 heteroatoms. The molecular formula is C16H24BrNO. The first-order valence-electron chi connectivity index (χ1n) is 6.91. The molecule has 2 rings (SSSR count). The van der Waals surface area contributed by atoms with E-state index < -0.39 is 0 Å². The van der Waals surface area contributed by atoms with Gasteiger partial charge in [-0.05, 0) is 41.4 Å². The smallest absolute Gasteiger partial charge is 0.120 e. The molecular weight excluding hydrogens is 302 g/mol. The number of hydrogen-bond acceptors (Lipinski definition) is 2. The largest absolute Gasteiger partial charge is 0.494 e. The lowest BCUT2D eigenvalue weighted by Crippen LogP contribution is -2.17. The van der Waals surface area contributed by atoms with E-state index in [4.69, 9.17) is 10.5 Å². The summed E-state index contributed by atoms with van der Waals surface area (Å²) in [6.07, 6.45) is 0. The SMILES string of the molecule is CCOc1ccc(C(N)C2C(C)(C)C2(C)C)c(Br)c1. The molecule has 1 fully saturated rings. The molecule has 0 heterocycles. The molecule has 1 aromatic carbocycles. The summed E-state index contributed by atoms with van der Waals surface area (Å²) in [4.78, 5) is 0. The second-order valence-corrected chi connectivity index (χ2v) is 7.42. The zero-order valence-electron chi connectivity index (χ0n) is 12.5. The van der Waals surface area contributed by atoms with Gasteiger partial charge in [0.2, 0.25) is 0 Å². The van der Waals surface area contributed by atoms with Crippen molar-refractivity contribution in [2.45, 2.75) is 40.7 Å². The fourth-order valence-corrected chi connectivity index (χ4v) is 3.98. The first kappa shape index (κ1) is 14.9. The van der Waals surface area contributed by atoms with Crippen LogP contribution in [0.3, 0.4) is 0 Å². The Hall–Kier alpha value is -0.540. The van der Waals surface area contributed by atoms with Crippen LogP contribution in [0.15, 0.2) is 22.7 Å². The lowest BCUT2D eigenvalue weighted by Gasteiger charge is -2.17. The van der Waals surface area contributed by atoms with Crippen LogP contribution in [-0.4, -0.2) is 6.61 Å². The van der Waals surface area contributed by atoms with Crippen LogP contribution >= 0.6 is 15.9 Å². The summed E-state index contributed by atoms with van der Waals surface area (Å²) >= 11 is 3.63. The molecule has 0 radical (unpaired) electrons. The lowest BCUT2D eigenvalue weighted by atomic mass is 9.97. The number of ether oxygens (including phenoxy) is 1. The molecule has 0 bridgehead atoms. The summed E-state index contributed by atoms with van der Waals surface area (Å²) in [5.74, 6) is 1.40. The molecule has 0 amide bonds. The van der Waals surface area contributed by atoms with Crippen LogP contribution < -0.4 is 10.5 Å². The maximum atomic E-state index is 6.51. The van der Waals surface area contributed by atoms with Crippen molar-refractivity contribution in [1.82, 2.24) is 0 Å². The van der Waals surface area contributed by atoms with Crippen LogP contribution in [0, 0.1) is 16.7 Å². The van der Waals surface area contributed by atoms with Gasteiger partial charge in [-0.1, -0.05) is 49.7 Å². The van der Waals surface area contributed by atoms with Gasteiger partial charge < -0.3 is 10.5 Å². The highest BCUT2D eigenvalue weighted by atomic mass is 79.9. The number of rotatable bonds is 4. The minimum absolute atomic E-state index is 0.0649.